The van der Waals surface area contributed by atoms with Crippen molar-refractivity contribution < 1.29 is 33.2 Å². The summed E-state index contributed by atoms with van der Waals surface area (Å²) in [5, 5.41) is 18.1. The largest absolute Gasteiger partial charge is 0.472 e. The van der Waals surface area contributed by atoms with Crippen LogP contribution in [0.1, 0.15) is 77.6 Å². The Morgan fingerprint density at radius 3 is 1.89 bits per heavy atom. The summed E-state index contributed by atoms with van der Waals surface area (Å²) >= 11 is 0. The minimum atomic E-state index is -4.26. The minimum Gasteiger partial charge on any atom is -0.394 e. The molecule has 0 spiro atoms. The molecule has 0 aromatic rings. The summed E-state index contributed by atoms with van der Waals surface area (Å²) in [6.45, 7) is 1.87. The van der Waals surface area contributed by atoms with E-state index in [0.717, 1.165) is 12.8 Å². The van der Waals surface area contributed by atoms with Gasteiger partial charge in [0.15, 0.2) is 0 Å². The van der Waals surface area contributed by atoms with E-state index in [1.807, 2.05) is 21.1 Å². The predicted octanol–water partition coefficient (Wildman–Crippen LogP) is 3.86. The van der Waals surface area contributed by atoms with Crippen LogP contribution in [-0.4, -0.2) is 72.7 Å². The Kier molecular flexibility index (Phi) is 15.8. The first-order valence-electron chi connectivity index (χ1n) is 10.8. The van der Waals surface area contributed by atoms with E-state index in [4.69, 9.17) is 14.2 Å². The maximum atomic E-state index is 12.1. The molecule has 3 atom stereocenters. The molecule has 8 heteroatoms. The number of phosphoric acid groups is 1. The van der Waals surface area contributed by atoms with Gasteiger partial charge in [-0.25, -0.2) is 4.57 Å². The summed E-state index contributed by atoms with van der Waals surface area (Å²) in [5.41, 5.74) is 0. The van der Waals surface area contributed by atoms with E-state index < -0.39 is 33.2 Å². The fraction of sp³-hybridized carbons (Fsp3) is 1.00. The first-order chi connectivity index (χ1) is 13.1. The second-order valence-corrected chi connectivity index (χ2v) is 10.2. The lowest BCUT2D eigenvalue weighted by atomic mass is 10.0. The van der Waals surface area contributed by atoms with Crippen molar-refractivity contribution in [1.29, 1.82) is 0 Å². The second-order valence-electron chi connectivity index (χ2n) is 8.77. The Morgan fingerprint density at radius 1 is 0.929 bits per heavy atom. The van der Waals surface area contributed by atoms with Crippen LogP contribution in [0.25, 0.3) is 0 Å². The van der Waals surface area contributed by atoms with E-state index >= 15 is 0 Å². The number of aliphatic hydroxyl groups is 2. The maximum Gasteiger partial charge on any atom is 0.472 e. The average molecular weight is 427 g/mol. The number of unbranched alkanes of at least 4 members (excludes halogenated alkanes) is 9. The number of phosphoric ester groups is 1. The van der Waals surface area contributed by atoms with Gasteiger partial charge in [-0.2, -0.15) is 0 Å². The van der Waals surface area contributed by atoms with E-state index in [9.17, 15) is 14.6 Å². The predicted molar refractivity (Wildman–Crippen MR) is 113 cm³/mol. The highest BCUT2D eigenvalue weighted by atomic mass is 31.2. The molecule has 0 aromatic heterocycles. The van der Waals surface area contributed by atoms with Gasteiger partial charge in [-0.15, -0.1) is 0 Å². The molecule has 3 N–H and O–H groups in total. The number of hydrogen-bond acceptors (Lipinski definition) is 5. The molecule has 2 unspecified atom stereocenters. The highest BCUT2D eigenvalue weighted by Gasteiger charge is 2.30. The monoisotopic (exact) mass is 426 g/mol. The van der Waals surface area contributed by atoms with Crippen molar-refractivity contribution in [2.45, 2.75) is 89.8 Å². The van der Waals surface area contributed by atoms with Crippen molar-refractivity contribution in [3.8, 4) is 0 Å². The Labute approximate surface area is 172 Å². The zero-order chi connectivity index (χ0) is 21.5. The van der Waals surface area contributed by atoms with Crippen molar-refractivity contribution in [2.75, 3.05) is 40.9 Å². The molecule has 0 saturated carbocycles. The van der Waals surface area contributed by atoms with Crippen LogP contribution < -0.4 is 0 Å². The van der Waals surface area contributed by atoms with Crippen LogP contribution in [0.15, 0.2) is 0 Å². The number of aliphatic hydroxyl groups excluding tert-OH is 2. The fourth-order valence-corrected chi connectivity index (χ4v) is 4.07. The third-order valence-electron chi connectivity index (χ3n) is 4.55. The van der Waals surface area contributed by atoms with Crippen LogP contribution in [0.4, 0.5) is 0 Å². The number of hydrogen-bond donors (Lipinski definition) is 3. The molecule has 0 radical (unpaired) electrons. The summed E-state index contributed by atoms with van der Waals surface area (Å²) in [6, 6.07) is 0. The molecule has 0 fully saturated rings. The molecule has 0 heterocycles. The molecule has 0 amide bonds. The summed E-state index contributed by atoms with van der Waals surface area (Å²) in [6.07, 6.45) is 11.5. The first kappa shape index (κ1) is 28.0. The quantitative estimate of drug-likeness (QED) is 0.165. The van der Waals surface area contributed by atoms with Gasteiger partial charge in [-0.05, 0) is 6.42 Å². The Balaban J connectivity index is 4.17. The molecule has 0 aliphatic carbocycles. The van der Waals surface area contributed by atoms with Crippen molar-refractivity contribution in [3.63, 3.8) is 0 Å². The molecule has 0 aromatic carbocycles. The Hall–Kier alpha value is -0.0100. The highest BCUT2D eigenvalue weighted by Crippen LogP contribution is 2.45. The van der Waals surface area contributed by atoms with Gasteiger partial charge in [0.1, 0.15) is 18.8 Å². The Morgan fingerprint density at radius 2 is 1.43 bits per heavy atom. The Bertz CT molecular complexity index is 416. The van der Waals surface area contributed by atoms with Gasteiger partial charge in [0.05, 0.1) is 34.4 Å². The van der Waals surface area contributed by atoms with Crippen LogP contribution in [-0.2, 0) is 13.6 Å². The van der Waals surface area contributed by atoms with E-state index in [0.29, 0.717) is 17.4 Å². The van der Waals surface area contributed by atoms with Gasteiger partial charge >= 0.3 is 7.82 Å². The lowest BCUT2D eigenvalue weighted by molar-refractivity contribution is -0.873. The van der Waals surface area contributed by atoms with Gasteiger partial charge in [-0.1, -0.05) is 71.1 Å². The molecule has 0 saturated heterocycles. The van der Waals surface area contributed by atoms with Crippen molar-refractivity contribution in [3.05, 3.63) is 0 Å². The molecular weight excluding hydrogens is 381 g/mol. The zero-order valence-electron chi connectivity index (χ0n) is 18.5. The van der Waals surface area contributed by atoms with Crippen molar-refractivity contribution >= 4 is 7.82 Å². The normalized spacial score (nSPS) is 16.7. The number of rotatable bonds is 19. The van der Waals surface area contributed by atoms with Crippen molar-refractivity contribution in [1.82, 2.24) is 0 Å². The third-order valence-corrected chi connectivity index (χ3v) is 5.59. The number of quaternary nitrogens is 1. The highest BCUT2D eigenvalue weighted by molar-refractivity contribution is 7.47. The van der Waals surface area contributed by atoms with Gasteiger partial charge in [-0.3, -0.25) is 9.05 Å². The molecular formula is C20H45NO6P+. The first-order valence-corrected chi connectivity index (χ1v) is 12.3. The minimum absolute atomic E-state index is 0.392. The SMILES string of the molecule is CCCCCCCCCCCCC(C[N+](C)(C)C)OP(=O)(O)OC[C@H](O)CO. The molecule has 0 bridgehead atoms. The van der Waals surface area contributed by atoms with Crippen LogP contribution in [0, 0.1) is 0 Å². The van der Waals surface area contributed by atoms with Gasteiger partial charge in [0.2, 0.25) is 0 Å². The number of likely N-dealkylation sites (N-methyl/N-ethyl adjacent to an activating group) is 1. The standard InChI is InChI=1S/C20H44NO6P/c1-5-6-7-8-9-10-11-12-13-14-15-20(16-21(2,3)4)27-28(24,25)26-18-19(23)17-22/h19-20,22-23H,5-18H2,1-4H3/p+1/t19-,20?/m1/s1. The van der Waals surface area contributed by atoms with E-state index in [1.165, 1.54) is 51.4 Å². The summed E-state index contributed by atoms with van der Waals surface area (Å²) in [5.74, 6) is 0. The maximum absolute atomic E-state index is 12.1. The summed E-state index contributed by atoms with van der Waals surface area (Å²) in [7, 11) is 1.76. The van der Waals surface area contributed by atoms with E-state index in [-0.39, 0.29) is 0 Å². The van der Waals surface area contributed by atoms with E-state index in [1.54, 1.807) is 0 Å². The van der Waals surface area contributed by atoms with Crippen LogP contribution >= 0.6 is 7.82 Å². The average Bonchev–Trinajstić information content (AvgIpc) is 2.59. The second kappa shape index (κ2) is 15.8. The molecule has 0 aliphatic heterocycles. The van der Waals surface area contributed by atoms with Gasteiger partial charge < -0.3 is 19.6 Å². The van der Waals surface area contributed by atoms with Crippen LogP contribution in [0.2, 0.25) is 0 Å². The van der Waals surface area contributed by atoms with Gasteiger partial charge in [0.25, 0.3) is 0 Å². The molecule has 0 aliphatic rings. The van der Waals surface area contributed by atoms with Crippen LogP contribution in [0.5, 0.6) is 0 Å². The lowest BCUT2D eigenvalue weighted by Crippen LogP contribution is -2.42. The zero-order valence-corrected chi connectivity index (χ0v) is 19.4. The van der Waals surface area contributed by atoms with Crippen LogP contribution in [0.3, 0.4) is 0 Å². The summed E-state index contributed by atoms with van der Waals surface area (Å²) in [4.78, 5) is 9.90. The molecule has 28 heavy (non-hydrogen) atoms. The topological polar surface area (TPSA) is 96.2 Å². The van der Waals surface area contributed by atoms with E-state index in [2.05, 4.69) is 6.92 Å². The van der Waals surface area contributed by atoms with Gasteiger partial charge in [0, 0.05) is 0 Å². The third kappa shape index (κ3) is 18.0. The lowest BCUT2D eigenvalue weighted by Gasteiger charge is -2.30. The molecule has 0 rings (SSSR count). The number of nitrogens with zero attached hydrogens (tertiary/aromatic N) is 1. The molecule has 7 nitrogen and oxygen atoms in total. The van der Waals surface area contributed by atoms with Crippen molar-refractivity contribution in [2.24, 2.45) is 0 Å². The summed E-state index contributed by atoms with van der Waals surface area (Å²) < 4.78 is 22.9. The fourth-order valence-electron chi connectivity index (χ4n) is 3.10. The molecule has 170 valence electrons. The smallest absolute Gasteiger partial charge is 0.394 e.